The zero-order valence-electron chi connectivity index (χ0n) is 11.2. The van der Waals surface area contributed by atoms with E-state index in [1.807, 2.05) is 0 Å². The van der Waals surface area contributed by atoms with E-state index in [2.05, 4.69) is 5.10 Å². The van der Waals surface area contributed by atoms with Gasteiger partial charge in [0.25, 0.3) is 0 Å². The molecule has 0 saturated carbocycles. The minimum Gasteiger partial charge on any atom is -0.497 e. The van der Waals surface area contributed by atoms with Crippen LogP contribution in [0, 0.1) is 0 Å². The van der Waals surface area contributed by atoms with Crippen molar-refractivity contribution >= 4 is 11.8 Å². The summed E-state index contributed by atoms with van der Waals surface area (Å²) in [6.07, 6.45) is 1.49. The first-order valence-corrected chi connectivity index (χ1v) is 5.94. The highest BCUT2D eigenvalue weighted by Crippen LogP contribution is 2.12. The van der Waals surface area contributed by atoms with E-state index in [0.29, 0.717) is 17.0 Å². The molecule has 0 aliphatic rings. The highest BCUT2D eigenvalue weighted by molar-refractivity contribution is 5.99. The van der Waals surface area contributed by atoms with Gasteiger partial charge in [0.15, 0.2) is 12.4 Å². The maximum atomic E-state index is 11.9. The summed E-state index contributed by atoms with van der Waals surface area (Å²) in [4.78, 5) is 23.6. The van der Waals surface area contributed by atoms with Gasteiger partial charge in [-0.05, 0) is 30.3 Å². The number of hydrogen-bond acceptors (Lipinski definition) is 5. The van der Waals surface area contributed by atoms with Crippen LogP contribution in [0.25, 0.3) is 0 Å². The molecule has 2 aromatic rings. The van der Waals surface area contributed by atoms with Gasteiger partial charge in [-0.1, -0.05) is 0 Å². The number of aromatic nitrogens is 2. The number of nitrogens with zero attached hydrogens (tertiary/aromatic N) is 2. The summed E-state index contributed by atoms with van der Waals surface area (Å²) >= 11 is 0. The molecule has 0 aliphatic heterocycles. The number of rotatable bonds is 5. The van der Waals surface area contributed by atoms with E-state index in [9.17, 15) is 9.59 Å². The summed E-state index contributed by atoms with van der Waals surface area (Å²) < 4.78 is 11.4. The van der Waals surface area contributed by atoms with Gasteiger partial charge in [-0.25, -0.2) is 4.79 Å². The van der Waals surface area contributed by atoms with E-state index < -0.39 is 5.97 Å². The molecular formula is C14H14N2O4. The van der Waals surface area contributed by atoms with Crippen LogP contribution in [0.3, 0.4) is 0 Å². The average Bonchev–Trinajstić information content (AvgIpc) is 2.90. The van der Waals surface area contributed by atoms with E-state index in [1.165, 1.54) is 16.9 Å². The first-order valence-electron chi connectivity index (χ1n) is 5.94. The Morgan fingerprint density at radius 2 is 1.90 bits per heavy atom. The van der Waals surface area contributed by atoms with E-state index in [4.69, 9.17) is 9.47 Å². The van der Waals surface area contributed by atoms with Crippen molar-refractivity contribution in [3.8, 4) is 5.75 Å². The molecule has 0 bridgehead atoms. The van der Waals surface area contributed by atoms with Crippen LogP contribution in [0.15, 0.2) is 36.5 Å². The van der Waals surface area contributed by atoms with Crippen molar-refractivity contribution in [1.82, 2.24) is 9.78 Å². The Morgan fingerprint density at radius 1 is 1.20 bits per heavy atom. The summed E-state index contributed by atoms with van der Waals surface area (Å²) in [5.74, 6) is -0.191. The van der Waals surface area contributed by atoms with Crippen LogP contribution in [0.1, 0.15) is 20.8 Å². The molecule has 6 heteroatoms. The smallest absolute Gasteiger partial charge is 0.357 e. The van der Waals surface area contributed by atoms with E-state index in [1.54, 1.807) is 38.4 Å². The van der Waals surface area contributed by atoms with E-state index >= 15 is 0 Å². The number of methoxy groups -OCH3 is 1. The van der Waals surface area contributed by atoms with Gasteiger partial charge in [0.2, 0.25) is 0 Å². The molecule has 0 saturated heterocycles. The summed E-state index contributed by atoms with van der Waals surface area (Å²) in [6, 6.07) is 8.13. The SMILES string of the molecule is COc1ccc(C(=O)COC(=O)c2ccnn2C)cc1. The second kappa shape index (κ2) is 6.01. The van der Waals surface area contributed by atoms with E-state index in [-0.39, 0.29) is 12.4 Å². The number of carbonyl (C=O) groups is 2. The number of ether oxygens (including phenoxy) is 2. The molecule has 2 rings (SSSR count). The maximum Gasteiger partial charge on any atom is 0.357 e. The Bertz CT molecular complexity index is 616. The van der Waals surface area contributed by atoms with Gasteiger partial charge in [0, 0.05) is 18.8 Å². The molecular weight excluding hydrogens is 260 g/mol. The van der Waals surface area contributed by atoms with Crippen LogP contribution in [0.2, 0.25) is 0 Å². The first-order chi connectivity index (χ1) is 9.61. The number of benzene rings is 1. The van der Waals surface area contributed by atoms with Crippen LogP contribution in [0.4, 0.5) is 0 Å². The van der Waals surface area contributed by atoms with Gasteiger partial charge in [0.1, 0.15) is 11.4 Å². The Morgan fingerprint density at radius 3 is 2.45 bits per heavy atom. The molecule has 1 aromatic heterocycles. The predicted octanol–water partition coefficient (Wildman–Crippen LogP) is 1.47. The third-order valence-electron chi connectivity index (χ3n) is 2.78. The number of hydrogen-bond donors (Lipinski definition) is 0. The van der Waals surface area contributed by atoms with Gasteiger partial charge in [0.05, 0.1) is 7.11 Å². The molecule has 0 radical (unpaired) electrons. The fourth-order valence-electron chi connectivity index (χ4n) is 1.64. The molecule has 0 aliphatic carbocycles. The number of Topliss-reactive ketones (excluding diaryl/α,β-unsaturated/α-hetero) is 1. The fraction of sp³-hybridized carbons (Fsp3) is 0.214. The maximum absolute atomic E-state index is 11.9. The molecule has 20 heavy (non-hydrogen) atoms. The van der Waals surface area contributed by atoms with Crippen molar-refractivity contribution in [2.24, 2.45) is 7.05 Å². The lowest BCUT2D eigenvalue weighted by molar-refractivity contribution is 0.0464. The molecule has 0 unspecified atom stereocenters. The lowest BCUT2D eigenvalue weighted by atomic mass is 10.1. The van der Waals surface area contributed by atoms with Crippen LogP contribution in [-0.2, 0) is 11.8 Å². The van der Waals surface area contributed by atoms with Crippen molar-refractivity contribution in [2.45, 2.75) is 0 Å². The largest absolute Gasteiger partial charge is 0.497 e. The Balaban J connectivity index is 1.95. The fourth-order valence-corrected chi connectivity index (χ4v) is 1.64. The first kappa shape index (κ1) is 13.8. The van der Waals surface area contributed by atoms with Gasteiger partial charge in [-0.15, -0.1) is 0 Å². The predicted molar refractivity (Wildman–Crippen MR) is 70.8 cm³/mol. The van der Waals surface area contributed by atoms with E-state index in [0.717, 1.165) is 0 Å². The van der Waals surface area contributed by atoms with Crippen molar-refractivity contribution < 1.29 is 19.1 Å². The quantitative estimate of drug-likeness (QED) is 0.610. The second-order valence-electron chi connectivity index (χ2n) is 4.07. The third kappa shape index (κ3) is 3.03. The van der Waals surface area contributed by atoms with Crippen molar-refractivity contribution in [3.63, 3.8) is 0 Å². The molecule has 1 aromatic carbocycles. The van der Waals surface area contributed by atoms with Crippen molar-refractivity contribution in [3.05, 3.63) is 47.8 Å². The highest BCUT2D eigenvalue weighted by Gasteiger charge is 2.14. The second-order valence-corrected chi connectivity index (χ2v) is 4.07. The summed E-state index contributed by atoms with van der Waals surface area (Å²) in [5, 5.41) is 3.86. The standard InChI is InChI=1S/C14H14N2O4/c1-16-12(7-8-15-16)14(18)20-9-13(17)10-3-5-11(19-2)6-4-10/h3-8H,9H2,1-2H3. The summed E-state index contributed by atoms with van der Waals surface area (Å²) in [6.45, 7) is -0.309. The number of esters is 1. The number of ketones is 1. The van der Waals surface area contributed by atoms with Crippen molar-refractivity contribution in [1.29, 1.82) is 0 Å². The minimum absolute atomic E-state index is 0.275. The minimum atomic E-state index is -0.577. The molecule has 6 nitrogen and oxygen atoms in total. The summed E-state index contributed by atoms with van der Waals surface area (Å²) in [5.41, 5.74) is 0.760. The Labute approximate surface area is 115 Å². The van der Waals surface area contributed by atoms with Crippen LogP contribution >= 0.6 is 0 Å². The lowest BCUT2D eigenvalue weighted by Gasteiger charge is -2.05. The lowest BCUT2D eigenvalue weighted by Crippen LogP contribution is -2.16. The monoisotopic (exact) mass is 274 g/mol. The zero-order chi connectivity index (χ0) is 14.5. The third-order valence-corrected chi connectivity index (χ3v) is 2.78. The highest BCUT2D eigenvalue weighted by atomic mass is 16.5. The summed E-state index contributed by atoms with van der Waals surface area (Å²) in [7, 11) is 3.17. The zero-order valence-corrected chi connectivity index (χ0v) is 11.2. The average molecular weight is 274 g/mol. The molecule has 0 atom stereocenters. The van der Waals surface area contributed by atoms with Crippen LogP contribution in [0.5, 0.6) is 5.75 Å². The Kier molecular flexibility index (Phi) is 4.14. The number of carbonyl (C=O) groups excluding carboxylic acids is 2. The van der Waals surface area contributed by atoms with Crippen LogP contribution in [-0.4, -0.2) is 35.2 Å². The van der Waals surface area contributed by atoms with Gasteiger partial charge in [-0.2, -0.15) is 5.10 Å². The number of aryl methyl sites for hydroxylation is 1. The normalized spacial score (nSPS) is 10.1. The van der Waals surface area contributed by atoms with Crippen molar-refractivity contribution in [2.75, 3.05) is 13.7 Å². The molecule has 104 valence electrons. The molecule has 0 amide bonds. The Hall–Kier alpha value is -2.63. The molecule has 1 heterocycles. The molecule has 0 spiro atoms. The molecule has 0 fully saturated rings. The van der Waals surface area contributed by atoms with Gasteiger partial charge < -0.3 is 9.47 Å². The topological polar surface area (TPSA) is 70.4 Å². The molecule has 0 N–H and O–H groups in total. The van der Waals surface area contributed by atoms with Gasteiger partial charge in [-0.3, -0.25) is 9.48 Å². The van der Waals surface area contributed by atoms with Crippen LogP contribution < -0.4 is 4.74 Å². The van der Waals surface area contributed by atoms with Gasteiger partial charge >= 0.3 is 5.97 Å².